The van der Waals surface area contributed by atoms with Crippen LogP contribution in [0.15, 0.2) is 30.5 Å². The third kappa shape index (κ3) is 2.64. The summed E-state index contributed by atoms with van der Waals surface area (Å²) in [5.74, 6) is -0.433. The first-order valence-electron chi connectivity index (χ1n) is 6.21. The smallest absolute Gasteiger partial charge is 0.249 e. The Kier molecular flexibility index (Phi) is 3.76. The predicted molar refractivity (Wildman–Crippen MR) is 77.2 cm³/mol. The SMILES string of the molecule is Cc1c(NCc2cc(C#N)n(C)c2)cccc1C(N)=O. The van der Waals surface area contributed by atoms with E-state index < -0.39 is 5.91 Å². The van der Waals surface area contributed by atoms with E-state index >= 15 is 0 Å². The highest BCUT2D eigenvalue weighted by Crippen LogP contribution is 2.19. The summed E-state index contributed by atoms with van der Waals surface area (Å²) in [5, 5.41) is 12.2. The zero-order valence-electron chi connectivity index (χ0n) is 11.5. The standard InChI is InChI=1S/C15H16N4O/c1-10-13(15(17)20)4-3-5-14(10)18-8-11-6-12(7-16)19(2)9-11/h3-6,9,18H,8H2,1-2H3,(H2,17,20). The van der Waals surface area contributed by atoms with Gasteiger partial charge >= 0.3 is 0 Å². The largest absolute Gasteiger partial charge is 0.381 e. The number of primary amides is 1. The molecule has 3 N–H and O–H groups in total. The van der Waals surface area contributed by atoms with Crippen molar-refractivity contribution < 1.29 is 4.79 Å². The molecule has 0 bridgehead atoms. The molecule has 0 spiro atoms. The van der Waals surface area contributed by atoms with Gasteiger partial charge in [0.25, 0.3) is 0 Å². The lowest BCUT2D eigenvalue weighted by atomic mass is 10.1. The third-order valence-corrected chi connectivity index (χ3v) is 3.26. The molecule has 2 rings (SSSR count). The van der Waals surface area contributed by atoms with Gasteiger partial charge in [0.2, 0.25) is 5.91 Å². The minimum atomic E-state index is -0.433. The Balaban J connectivity index is 2.17. The van der Waals surface area contributed by atoms with Crippen LogP contribution in [0.3, 0.4) is 0 Å². The summed E-state index contributed by atoms with van der Waals surface area (Å²) in [4.78, 5) is 11.3. The number of nitrogens with two attached hydrogens (primary N) is 1. The number of amides is 1. The van der Waals surface area contributed by atoms with Crippen molar-refractivity contribution in [2.45, 2.75) is 13.5 Å². The van der Waals surface area contributed by atoms with Crippen molar-refractivity contribution >= 4 is 11.6 Å². The number of aryl methyl sites for hydroxylation is 1. The van der Waals surface area contributed by atoms with Gasteiger partial charge in [-0.1, -0.05) is 6.07 Å². The lowest BCUT2D eigenvalue weighted by Crippen LogP contribution is -2.13. The van der Waals surface area contributed by atoms with Crippen LogP contribution in [0.2, 0.25) is 0 Å². The van der Waals surface area contributed by atoms with E-state index in [1.54, 1.807) is 16.7 Å². The van der Waals surface area contributed by atoms with Crippen LogP contribution >= 0.6 is 0 Å². The molecular formula is C15H16N4O. The Morgan fingerprint density at radius 2 is 2.25 bits per heavy atom. The van der Waals surface area contributed by atoms with Crippen molar-refractivity contribution in [3.8, 4) is 6.07 Å². The van der Waals surface area contributed by atoms with Crippen molar-refractivity contribution in [2.24, 2.45) is 12.8 Å². The second kappa shape index (κ2) is 5.49. The van der Waals surface area contributed by atoms with E-state index in [0.717, 1.165) is 16.8 Å². The van der Waals surface area contributed by atoms with Crippen LogP contribution in [0.4, 0.5) is 5.69 Å². The normalized spacial score (nSPS) is 10.1. The molecule has 5 nitrogen and oxygen atoms in total. The highest BCUT2D eigenvalue weighted by Gasteiger charge is 2.08. The topological polar surface area (TPSA) is 83.8 Å². The number of aromatic nitrogens is 1. The molecule has 1 amide bonds. The number of benzene rings is 1. The lowest BCUT2D eigenvalue weighted by molar-refractivity contribution is 0.1000. The Hall–Kier alpha value is -2.74. The highest BCUT2D eigenvalue weighted by molar-refractivity contribution is 5.95. The molecule has 1 heterocycles. The summed E-state index contributed by atoms with van der Waals surface area (Å²) >= 11 is 0. The van der Waals surface area contributed by atoms with Crippen LogP contribution in [0.5, 0.6) is 0 Å². The number of nitrogens with one attached hydrogen (secondary N) is 1. The first-order chi connectivity index (χ1) is 9.52. The Labute approximate surface area is 117 Å². The van der Waals surface area contributed by atoms with Crippen LogP contribution in [0.25, 0.3) is 0 Å². The number of hydrogen-bond acceptors (Lipinski definition) is 3. The van der Waals surface area contributed by atoms with Gasteiger partial charge in [0.1, 0.15) is 11.8 Å². The maximum atomic E-state index is 11.3. The van der Waals surface area contributed by atoms with Gasteiger partial charge in [0.15, 0.2) is 0 Å². The number of carbonyl (C=O) groups is 1. The predicted octanol–water partition coefficient (Wildman–Crippen LogP) is 1.92. The molecule has 0 atom stereocenters. The fraction of sp³-hybridized carbons (Fsp3) is 0.200. The molecule has 0 radical (unpaired) electrons. The highest BCUT2D eigenvalue weighted by atomic mass is 16.1. The second-order valence-corrected chi connectivity index (χ2v) is 4.65. The summed E-state index contributed by atoms with van der Waals surface area (Å²) in [6, 6.07) is 9.36. The number of nitrogens with zero attached hydrogens (tertiary/aromatic N) is 2. The van der Waals surface area contributed by atoms with Crippen LogP contribution in [0.1, 0.15) is 27.2 Å². The molecule has 0 aliphatic heterocycles. The third-order valence-electron chi connectivity index (χ3n) is 3.26. The van der Waals surface area contributed by atoms with Crippen molar-refractivity contribution in [1.82, 2.24) is 4.57 Å². The molecule has 0 saturated carbocycles. The fourth-order valence-corrected chi connectivity index (χ4v) is 2.13. The second-order valence-electron chi connectivity index (χ2n) is 4.65. The zero-order chi connectivity index (χ0) is 14.7. The summed E-state index contributed by atoms with van der Waals surface area (Å²) in [6.45, 7) is 2.44. The van der Waals surface area contributed by atoms with Crippen molar-refractivity contribution in [3.05, 3.63) is 52.8 Å². The van der Waals surface area contributed by atoms with E-state index in [1.807, 2.05) is 32.3 Å². The summed E-state index contributed by atoms with van der Waals surface area (Å²) in [7, 11) is 1.83. The van der Waals surface area contributed by atoms with Crippen LogP contribution < -0.4 is 11.1 Å². The zero-order valence-corrected chi connectivity index (χ0v) is 11.5. The minimum absolute atomic E-state index is 0.433. The molecule has 0 aliphatic rings. The Morgan fingerprint density at radius 3 is 2.85 bits per heavy atom. The molecule has 5 heteroatoms. The Morgan fingerprint density at radius 1 is 1.50 bits per heavy atom. The van der Waals surface area contributed by atoms with Gasteiger partial charge in [0, 0.05) is 31.0 Å². The number of nitriles is 1. The van der Waals surface area contributed by atoms with E-state index in [-0.39, 0.29) is 0 Å². The van der Waals surface area contributed by atoms with Crippen molar-refractivity contribution in [1.29, 1.82) is 5.26 Å². The Bertz CT molecular complexity index is 694. The molecule has 0 saturated heterocycles. The van der Waals surface area contributed by atoms with E-state index in [4.69, 9.17) is 11.0 Å². The van der Waals surface area contributed by atoms with Gasteiger partial charge in [-0.3, -0.25) is 4.79 Å². The first-order valence-corrected chi connectivity index (χ1v) is 6.21. The number of carbonyl (C=O) groups excluding carboxylic acids is 1. The summed E-state index contributed by atoms with van der Waals surface area (Å²) in [6.07, 6.45) is 1.90. The van der Waals surface area contributed by atoms with Crippen LogP contribution in [-0.4, -0.2) is 10.5 Å². The summed E-state index contributed by atoms with van der Waals surface area (Å²) < 4.78 is 1.78. The molecule has 102 valence electrons. The molecule has 0 fully saturated rings. The first kappa shape index (κ1) is 13.7. The average molecular weight is 268 g/mol. The van der Waals surface area contributed by atoms with Crippen LogP contribution in [0, 0.1) is 18.3 Å². The van der Waals surface area contributed by atoms with Gasteiger partial charge in [0.05, 0.1) is 0 Å². The number of rotatable bonds is 4. The molecule has 1 aromatic carbocycles. The van der Waals surface area contributed by atoms with E-state index in [9.17, 15) is 4.79 Å². The molecule has 2 aromatic rings. The van der Waals surface area contributed by atoms with Crippen molar-refractivity contribution in [3.63, 3.8) is 0 Å². The van der Waals surface area contributed by atoms with Gasteiger partial charge in [-0.05, 0) is 36.2 Å². The maximum Gasteiger partial charge on any atom is 0.249 e. The van der Waals surface area contributed by atoms with Gasteiger partial charge < -0.3 is 15.6 Å². The van der Waals surface area contributed by atoms with Crippen LogP contribution in [-0.2, 0) is 13.6 Å². The molecule has 0 aliphatic carbocycles. The fourth-order valence-electron chi connectivity index (χ4n) is 2.13. The maximum absolute atomic E-state index is 11.3. The van der Waals surface area contributed by atoms with Gasteiger partial charge in [-0.15, -0.1) is 0 Å². The van der Waals surface area contributed by atoms with E-state index in [1.165, 1.54) is 0 Å². The monoisotopic (exact) mass is 268 g/mol. The van der Waals surface area contributed by atoms with Gasteiger partial charge in [-0.2, -0.15) is 5.26 Å². The lowest BCUT2D eigenvalue weighted by Gasteiger charge is -2.11. The number of anilines is 1. The average Bonchev–Trinajstić information content (AvgIpc) is 2.77. The number of hydrogen-bond donors (Lipinski definition) is 2. The molecule has 1 aromatic heterocycles. The minimum Gasteiger partial charge on any atom is -0.381 e. The molecular weight excluding hydrogens is 252 g/mol. The van der Waals surface area contributed by atoms with E-state index in [2.05, 4.69) is 11.4 Å². The van der Waals surface area contributed by atoms with Gasteiger partial charge in [-0.25, -0.2) is 0 Å². The van der Waals surface area contributed by atoms with Crippen molar-refractivity contribution in [2.75, 3.05) is 5.32 Å². The van der Waals surface area contributed by atoms with E-state index in [0.29, 0.717) is 17.8 Å². The molecule has 0 unspecified atom stereocenters. The quantitative estimate of drug-likeness (QED) is 0.888. The summed E-state index contributed by atoms with van der Waals surface area (Å²) in [5.41, 5.74) is 9.16. The molecule has 20 heavy (non-hydrogen) atoms.